The number of pyridine rings is 1. The molecule has 0 aromatic carbocycles. The van der Waals surface area contributed by atoms with Crippen molar-refractivity contribution >= 4 is 17.8 Å². The second kappa shape index (κ2) is 6.42. The van der Waals surface area contributed by atoms with E-state index in [-0.39, 0.29) is 29.8 Å². The Morgan fingerprint density at radius 1 is 1.24 bits per heavy atom. The standard InChI is InChI=1S/C17H24N4O4/c1-17(2,3)25-16(23)21-8-11-12(9-21)14(11)15(22)20-19-13-6-5-10(24-4)7-18-13/h5-7,11-12,14H,8-9H2,1-4H3,(H,18,19)(H,20,22). The molecular formula is C17H24N4O4. The lowest BCUT2D eigenvalue weighted by molar-refractivity contribution is -0.122. The van der Waals surface area contributed by atoms with E-state index in [1.165, 1.54) is 0 Å². The first-order valence-corrected chi connectivity index (χ1v) is 8.32. The van der Waals surface area contributed by atoms with Crippen molar-refractivity contribution in [3.05, 3.63) is 18.3 Å². The molecule has 2 amide bonds. The summed E-state index contributed by atoms with van der Waals surface area (Å²) >= 11 is 0. The summed E-state index contributed by atoms with van der Waals surface area (Å²) in [6, 6.07) is 3.48. The van der Waals surface area contributed by atoms with Crippen LogP contribution in [0.1, 0.15) is 20.8 Å². The molecule has 0 spiro atoms. The van der Waals surface area contributed by atoms with Crippen LogP contribution < -0.4 is 15.6 Å². The molecule has 1 saturated carbocycles. The molecule has 8 nitrogen and oxygen atoms in total. The van der Waals surface area contributed by atoms with E-state index in [0.717, 1.165) is 0 Å². The Kier molecular flexibility index (Phi) is 4.45. The van der Waals surface area contributed by atoms with Crippen molar-refractivity contribution < 1.29 is 19.1 Å². The van der Waals surface area contributed by atoms with Gasteiger partial charge >= 0.3 is 6.09 Å². The number of aromatic nitrogens is 1. The molecule has 8 heteroatoms. The average molecular weight is 348 g/mol. The van der Waals surface area contributed by atoms with Gasteiger partial charge in [-0.3, -0.25) is 15.6 Å². The number of ether oxygens (including phenoxy) is 2. The number of anilines is 1. The van der Waals surface area contributed by atoms with Crippen LogP contribution in [0, 0.1) is 17.8 Å². The van der Waals surface area contributed by atoms with E-state index >= 15 is 0 Å². The predicted octanol–water partition coefficient (Wildman–Crippen LogP) is 1.65. The van der Waals surface area contributed by atoms with Gasteiger partial charge in [-0.2, -0.15) is 0 Å². The molecule has 2 atom stereocenters. The molecule has 3 rings (SSSR count). The van der Waals surface area contributed by atoms with Crippen LogP contribution in [0.4, 0.5) is 10.6 Å². The van der Waals surface area contributed by atoms with Gasteiger partial charge in [0.25, 0.3) is 0 Å². The molecule has 0 bridgehead atoms. The highest BCUT2D eigenvalue weighted by atomic mass is 16.6. The van der Waals surface area contributed by atoms with Crippen LogP contribution in [0.3, 0.4) is 0 Å². The number of likely N-dealkylation sites (tertiary alicyclic amines) is 1. The molecule has 2 N–H and O–H groups in total. The van der Waals surface area contributed by atoms with E-state index in [2.05, 4.69) is 15.8 Å². The molecule has 1 aliphatic carbocycles. The van der Waals surface area contributed by atoms with Crippen LogP contribution in [0.25, 0.3) is 0 Å². The van der Waals surface area contributed by atoms with Gasteiger partial charge in [0.2, 0.25) is 5.91 Å². The summed E-state index contributed by atoms with van der Waals surface area (Å²) in [5.74, 6) is 1.46. The first-order chi connectivity index (χ1) is 11.8. The smallest absolute Gasteiger partial charge is 0.410 e. The fraction of sp³-hybridized carbons (Fsp3) is 0.588. The molecule has 0 radical (unpaired) electrons. The molecule has 2 aliphatic rings. The molecule has 2 fully saturated rings. The van der Waals surface area contributed by atoms with Gasteiger partial charge in [-0.15, -0.1) is 0 Å². The number of hydrazine groups is 1. The van der Waals surface area contributed by atoms with Gasteiger partial charge in [0, 0.05) is 19.0 Å². The van der Waals surface area contributed by atoms with Crippen molar-refractivity contribution in [2.24, 2.45) is 17.8 Å². The Morgan fingerprint density at radius 3 is 2.44 bits per heavy atom. The number of nitrogens with zero attached hydrogens (tertiary/aromatic N) is 2. The van der Waals surface area contributed by atoms with E-state index in [9.17, 15) is 9.59 Å². The Balaban J connectivity index is 1.44. The van der Waals surface area contributed by atoms with Gasteiger partial charge in [-0.05, 0) is 44.7 Å². The quantitative estimate of drug-likeness (QED) is 0.804. The fourth-order valence-corrected chi connectivity index (χ4v) is 3.17. The first kappa shape index (κ1) is 17.3. The van der Waals surface area contributed by atoms with E-state index in [4.69, 9.17) is 9.47 Å². The maximum absolute atomic E-state index is 12.3. The van der Waals surface area contributed by atoms with E-state index < -0.39 is 5.60 Å². The largest absolute Gasteiger partial charge is 0.495 e. The van der Waals surface area contributed by atoms with E-state index in [1.54, 1.807) is 30.3 Å². The summed E-state index contributed by atoms with van der Waals surface area (Å²) in [5, 5.41) is 0. The van der Waals surface area contributed by atoms with Crippen LogP contribution in [0.15, 0.2) is 18.3 Å². The molecule has 25 heavy (non-hydrogen) atoms. The molecule has 2 unspecified atom stereocenters. The average Bonchev–Trinajstić information content (AvgIpc) is 3.05. The lowest BCUT2D eigenvalue weighted by Crippen LogP contribution is -2.39. The highest BCUT2D eigenvalue weighted by Gasteiger charge is 2.60. The number of piperidine rings is 1. The number of nitrogens with one attached hydrogen (secondary N) is 2. The Morgan fingerprint density at radius 2 is 1.92 bits per heavy atom. The van der Waals surface area contributed by atoms with Crippen molar-refractivity contribution in [3.63, 3.8) is 0 Å². The molecule has 2 heterocycles. The fourth-order valence-electron chi connectivity index (χ4n) is 3.17. The molecule has 1 aromatic heterocycles. The maximum atomic E-state index is 12.3. The normalized spacial score (nSPS) is 24.3. The minimum absolute atomic E-state index is 0.0653. The summed E-state index contributed by atoms with van der Waals surface area (Å²) in [6.45, 7) is 6.67. The lowest BCUT2D eigenvalue weighted by Gasteiger charge is -2.25. The summed E-state index contributed by atoms with van der Waals surface area (Å²) in [6.07, 6.45) is 1.26. The van der Waals surface area contributed by atoms with Gasteiger partial charge in [-0.1, -0.05) is 0 Å². The van der Waals surface area contributed by atoms with Gasteiger partial charge in [0.05, 0.1) is 13.3 Å². The Bertz CT molecular complexity index is 644. The molecule has 136 valence electrons. The minimum atomic E-state index is -0.504. The number of carbonyl (C=O) groups is 2. The summed E-state index contributed by atoms with van der Waals surface area (Å²) in [4.78, 5) is 30.1. The Labute approximate surface area is 146 Å². The van der Waals surface area contributed by atoms with E-state index in [0.29, 0.717) is 24.7 Å². The zero-order valence-electron chi connectivity index (χ0n) is 14.9. The maximum Gasteiger partial charge on any atom is 0.410 e. The summed E-state index contributed by atoms with van der Waals surface area (Å²) in [7, 11) is 1.57. The topological polar surface area (TPSA) is 92.8 Å². The summed E-state index contributed by atoms with van der Waals surface area (Å²) in [5.41, 5.74) is 4.98. The second-order valence-electron chi connectivity index (χ2n) is 7.44. The van der Waals surface area contributed by atoms with Crippen molar-refractivity contribution in [1.29, 1.82) is 0 Å². The van der Waals surface area contributed by atoms with Crippen molar-refractivity contribution in [2.75, 3.05) is 25.6 Å². The summed E-state index contributed by atoms with van der Waals surface area (Å²) < 4.78 is 10.4. The minimum Gasteiger partial charge on any atom is -0.495 e. The lowest BCUT2D eigenvalue weighted by atomic mass is 10.2. The molecule has 1 aliphatic heterocycles. The van der Waals surface area contributed by atoms with Gasteiger partial charge in [0.15, 0.2) is 0 Å². The molecular weight excluding hydrogens is 324 g/mol. The van der Waals surface area contributed by atoms with Crippen molar-refractivity contribution in [1.82, 2.24) is 15.3 Å². The number of methoxy groups -OCH3 is 1. The zero-order valence-corrected chi connectivity index (χ0v) is 14.9. The third-order valence-electron chi connectivity index (χ3n) is 4.43. The van der Waals surface area contributed by atoms with Crippen LogP contribution in [0.5, 0.6) is 5.75 Å². The number of amides is 2. The van der Waals surface area contributed by atoms with Crippen LogP contribution in [0.2, 0.25) is 0 Å². The highest BCUT2D eigenvalue weighted by molar-refractivity contribution is 5.84. The van der Waals surface area contributed by atoms with Crippen molar-refractivity contribution in [3.8, 4) is 5.75 Å². The monoisotopic (exact) mass is 348 g/mol. The van der Waals surface area contributed by atoms with Gasteiger partial charge < -0.3 is 14.4 Å². The molecule has 1 aromatic rings. The van der Waals surface area contributed by atoms with Crippen LogP contribution >= 0.6 is 0 Å². The number of fused-ring (bicyclic) bond motifs is 1. The predicted molar refractivity (Wildman–Crippen MR) is 90.8 cm³/mol. The highest BCUT2D eigenvalue weighted by Crippen LogP contribution is 2.51. The van der Waals surface area contributed by atoms with Crippen LogP contribution in [-0.4, -0.2) is 47.7 Å². The number of carbonyl (C=O) groups excluding carboxylic acids is 2. The number of rotatable bonds is 4. The zero-order chi connectivity index (χ0) is 18.2. The first-order valence-electron chi connectivity index (χ1n) is 8.32. The number of hydrogen-bond acceptors (Lipinski definition) is 6. The van der Waals surface area contributed by atoms with Gasteiger partial charge in [0.1, 0.15) is 17.2 Å². The van der Waals surface area contributed by atoms with Gasteiger partial charge in [-0.25, -0.2) is 9.78 Å². The van der Waals surface area contributed by atoms with E-state index in [1.807, 2.05) is 20.8 Å². The number of hydrogen-bond donors (Lipinski definition) is 2. The third kappa shape index (κ3) is 3.94. The van der Waals surface area contributed by atoms with Crippen LogP contribution in [-0.2, 0) is 9.53 Å². The second-order valence-corrected chi connectivity index (χ2v) is 7.44. The SMILES string of the molecule is COc1ccc(NNC(=O)C2C3CN(C(=O)OC(C)(C)C)CC32)nc1. The van der Waals surface area contributed by atoms with Crippen molar-refractivity contribution in [2.45, 2.75) is 26.4 Å². The third-order valence-corrected chi connectivity index (χ3v) is 4.43. The molecule has 1 saturated heterocycles. The Hall–Kier alpha value is -2.51.